The van der Waals surface area contributed by atoms with Gasteiger partial charge in [-0.15, -0.1) is 0 Å². The molecule has 2 unspecified atom stereocenters. The molecule has 34 heavy (non-hydrogen) atoms. The van der Waals surface area contributed by atoms with Crippen LogP contribution in [0.4, 0.5) is 22.0 Å². The maximum absolute atomic E-state index is 13.6. The SMILES string of the molecule is C[C@@H](N1CN(C(c2ccc(F)cc2)c2ccc(F)cc2)N2C=CC(=O)C(O)C2C1=O)C(F)(F)F. The Labute approximate surface area is 191 Å². The minimum atomic E-state index is -4.77. The molecule has 6 nitrogen and oxygen atoms in total. The first-order valence-corrected chi connectivity index (χ1v) is 10.3. The Balaban J connectivity index is 1.87. The summed E-state index contributed by atoms with van der Waals surface area (Å²) < 4.78 is 68.1. The van der Waals surface area contributed by atoms with Gasteiger partial charge < -0.3 is 10.0 Å². The van der Waals surface area contributed by atoms with Crippen molar-refractivity contribution < 1.29 is 36.6 Å². The van der Waals surface area contributed by atoms with Crippen molar-refractivity contribution in [3.05, 3.63) is 83.6 Å². The van der Waals surface area contributed by atoms with Gasteiger partial charge >= 0.3 is 6.18 Å². The van der Waals surface area contributed by atoms with Gasteiger partial charge in [0, 0.05) is 12.3 Å². The molecule has 1 N–H and O–H groups in total. The molecule has 0 saturated carbocycles. The summed E-state index contributed by atoms with van der Waals surface area (Å²) in [6.45, 7) is 0.240. The number of benzene rings is 2. The Bertz CT molecular complexity index is 1060. The number of ketones is 1. The third kappa shape index (κ3) is 4.28. The topological polar surface area (TPSA) is 64.1 Å². The van der Waals surface area contributed by atoms with E-state index in [2.05, 4.69) is 0 Å². The quantitative estimate of drug-likeness (QED) is 0.680. The van der Waals surface area contributed by atoms with Crippen LogP contribution in [-0.4, -0.2) is 62.7 Å². The summed E-state index contributed by atoms with van der Waals surface area (Å²) in [6.07, 6.45) is -4.43. The molecule has 11 heteroatoms. The zero-order valence-electron chi connectivity index (χ0n) is 17.8. The molecule has 2 aliphatic rings. The highest BCUT2D eigenvalue weighted by atomic mass is 19.4. The van der Waals surface area contributed by atoms with Gasteiger partial charge in [0.25, 0.3) is 5.91 Å². The molecule has 180 valence electrons. The van der Waals surface area contributed by atoms with Gasteiger partial charge in [0.15, 0.2) is 11.8 Å². The number of aliphatic hydroxyl groups excluding tert-OH is 1. The van der Waals surface area contributed by atoms with E-state index < -0.39 is 60.4 Å². The summed E-state index contributed by atoms with van der Waals surface area (Å²) in [5.41, 5.74) is 0.862. The first-order chi connectivity index (χ1) is 16.0. The summed E-state index contributed by atoms with van der Waals surface area (Å²) in [5.74, 6) is -2.97. The number of amides is 1. The van der Waals surface area contributed by atoms with E-state index in [1.807, 2.05) is 0 Å². The first-order valence-electron chi connectivity index (χ1n) is 10.3. The van der Waals surface area contributed by atoms with Gasteiger partial charge in [0.2, 0.25) is 0 Å². The highest BCUT2D eigenvalue weighted by molar-refractivity contribution is 6.00. The van der Waals surface area contributed by atoms with Crippen LogP contribution in [0.15, 0.2) is 60.8 Å². The van der Waals surface area contributed by atoms with Gasteiger partial charge in [-0.2, -0.15) is 18.2 Å². The molecule has 0 spiro atoms. The number of hydrazine groups is 1. The number of alkyl halides is 3. The van der Waals surface area contributed by atoms with E-state index in [1.54, 1.807) is 0 Å². The lowest BCUT2D eigenvalue weighted by atomic mass is 9.95. The predicted octanol–water partition coefficient (Wildman–Crippen LogP) is 3.15. The molecule has 1 fully saturated rings. The molecule has 3 atom stereocenters. The van der Waals surface area contributed by atoms with E-state index in [9.17, 15) is 36.6 Å². The smallest absolute Gasteiger partial charge is 0.382 e. The number of rotatable bonds is 4. The number of hydrogen-bond donors (Lipinski definition) is 1. The van der Waals surface area contributed by atoms with E-state index in [0.29, 0.717) is 16.0 Å². The van der Waals surface area contributed by atoms with Gasteiger partial charge in [-0.1, -0.05) is 24.3 Å². The zero-order valence-corrected chi connectivity index (χ0v) is 17.8. The molecule has 2 aromatic rings. The van der Waals surface area contributed by atoms with Crippen molar-refractivity contribution in [2.45, 2.75) is 37.3 Å². The third-order valence-corrected chi connectivity index (χ3v) is 6.01. The molecule has 4 rings (SSSR count). The molecule has 0 aromatic heterocycles. The molecule has 0 radical (unpaired) electrons. The van der Waals surface area contributed by atoms with Gasteiger partial charge in [0.1, 0.15) is 23.8 Å². The van der Waals surface area contributed by atoms with Crippen LogP contribution in [0.5, 0.6) is 0 Å². The second kappa shape index (κ2) is 8.80. The summed E-state index contributed by atoms with van der Waals surface area (Å²) >= 11 is 0. The number of hydrogen-bond acceptors (Lipinski definition) is 5. The van der Waals surface area contributed by atoms with E-state index in [-0.39, 0.29) is 0 Å². The molecule has 2 aromatic carbocycles. The second-order valence-corrected chi connectivity index (χ2v) is 8.10. The van der Waals surface area contributed by atoms with Gasteiger partial charge in [-0.3, -0.25) is 14.6 Å². The van der Waals surface area contributed by atoms with Crippen LogP contribution in [-0.2, 0) is 9.59 Å². The van der Waals surface area contributed by atoms with Crippen molar-refractivity contribution in [1.29, 1.82) is 0 Å². The predicted molar refractivity (Wildman–Crippen MR) is 109 cm³/mol. The third-order valence-electron chi connectivity index (χ3n) is 6.01. The highest BCUT2D eigenvalue weighted by Crippen LogP contribution is 2.38. The fourth-order valence-corrected chi connectivity index (χ4v) is 4.14. The lowest BCUT2D eigenvalue weighted by Gasteiger charge is -2.53. The van der Waals surface area contributed by atoms with Crippen LogP contribution in [0.25, 0.3) is 0 Å². The molecule has 1 amide bonds. The van der Waals surface area contributed by atoms with Crippen molar-refractivity contribution in [3.63, 3.8) is 0 Å². The van der Waals surface area contributed by atoms with Crippen LogP contribution in [0.1, 0.15) is 24.1 Å². The number of nitrogens with zero attached hydrogens (tertiary/aromatic N) is 3. The van der Waals surface area contributed by atoms with E-state index in [1.165, 1.54) is 64.7 Å². The minimum Gasteiger partial charge on any atom is -0.382 e. The summed E-state index contributed by atoms with van der Waals surface area (Å²) in [6, 6.07) is 5.56. The fraction of sp³-hybridized carbons (Fsp3) is 0.304. The number of halogens is 5. The number of carbonyl (C=O) groups excluding carboxylic acids is 2. The first kappa shape index (κ1) is 23.8. The van der Waals surface area contributed by atoms with Crippen molar-refractivity contribution in [2.75, 3.05) is 6.67 Å². The average molecular weight is 481 g/mol. The standard InChI is InChI=1S/C23H20F5N3O3/c1-13(23(26,27)28)29-12-31(30-11-10-18(32)21(33)20(30)22(29)34)19(14-2-6-16(24)7-3-14)15-4-8-17(25)9-5-15/h2-11,13,19-21,33H,12H2,1H3/t13-,20?,21?/m1/s1. The minimum absolute atomic E-state index is 0.431. The normalized spacial score (nSPS) is 22.4. The lowest BCUT2D eigenvalue weighted by molar-refractivity contribution is -0.222. The van der Waals surface area contributed by atoms with Crippen molar-refractivity contribution in [2.24, 2.45) is 0 Å². The van der Waals surface area contributed by atoms with E-state index >= 15 is 0 Å². The molecular weight excluding hydrogens is 461 g/mol. The van der Waals surface area contributed by atoms with Crippen molar-refractivity contribution >= 4 is 11.7 Å². The van der Waals surface area contributed by atoms with Crippen LogP contribution in [0.3, 0.4) is 0 Å². The Morgan fingerprint density at radius 3 is 1.91 bits per heavy atom. The van der Waals surface area contributed by atoms with Gasteiger partial charge in [-0.05, 0) is 42.3 Å². The summed E-state index contributed by atoms with van der Waals surface area (Å²) in [7, 11) is 0. The van der Waals surface area contributed by atoms with Crippen LogP contribution in [0.2, 0.25) is 0 Å². The fourth-order valence-electron chi connectivity index (χ4n) is 4.14. The van der Waals surface area contributed by atoms with Gasteiger partial charge in [0.05, 0.1) is 12.7 Å². The second-order valence-electron chi connectivity index (χ2n) is 8.10. The molecule has 2 aliphatic heterocycles. The lowest BCUT2D eigenvalue weighted by Crippen LogP contribution is -2.70. The highest BCUT2D eigenvalue weighted by Gasteiger charge is 2.53. The van der Waals surface area contributed by atoms with Crippen LogP contribution >= 0.6 is 0 Å². The van der Waals surface area contributed by atoms with Crippen molar-refractivity contribution in [1.82, 2.24) is 14.9 Å². The van der Waals surface area contributed by atoms with Crippen LogP contribution in [0, 0.1) is 11.6 Å². The van der Waals surface area contributed by atoms with E-state index in [4.69, 9.17) is 0 Å². The van der Waals surface area contributed by atoms with Gasteiger partial charge in [-0.25, -0.2) is 8.78 Å². The van der Waals surface area contributed by atoms with E-state index in [0.717, 1.165) is 13.0 Å². The molecule has 0 aliphatic carbocycles. The number of carbonyl (C=O) groups is 2. The number of aliphatic hydroxyl groups is 1. The van der Waals surface area contributed by atoms with Crippen molar-refractivity contribution in [3.8, 4) is 0 Å². The number of fused-ring (bicyclic) bond motifs is 1. The Morgan fingerprint density at radius 2 is 1.44 bits per heavy atom. The largest absolute Gasteiger partial charge is 0.408 e. The molecule has 2 heterocycles. The van der Waals surface area contributed by atoms with Crippen LogP contribution < -0.4 is 0 Å². The maximum Gasteiger partial charge on any atom is 0.408 e. The summed E-state index contributed by atoms with van der Waals surface area (Å²) in [5, 5.41) is 13.0. The molecule has 0 bridgehead atoms. The Morgan fingerprint density at radius 1 is 0.941 bits per heavy atom. The maximum atomic E-state index is 13.6. The molecular formula is C23H20F5N3O3. The Kier molecular flexibility index (Phi) is 6.17. The molecule has 1 saturated heterocycles. The monoisotopic (exact) mass is 481 g/mol. The zero-order chi connectivity index (χ0) is 24.8. The summed E-state index contributed by atoms with van der Waals surface area (Å²) in [4.78, 5) is 25.7. The Hall–Kier alpha value is -3.31. The average Bonchev–Trinajstić information content (AvgIpc) is 2.79.